The van der Waals surface area contributed by atoms with Crippen LogP contribution in [0.3, 0.4) is 0 Å². The van der Waals surface area contributed by atoms with Gasteiger partial charge in [0.1, 0.15) is 5.75 Å². The summed E-state index contributed by atoms with van der Waals surface area (Å²) in [6.45, 7) is 9.54. The number of aromatic hydroxyl groups is 1. The monoisotopic (exact) mass is 273 g/mol. The van der Waals surface area contributed by atoms with E-state index in [9.17, 15) is 9.90 Å². The Balaban J connectivity index is 2.57. The van der Waals surface area contributed by atoms with Gasteiger partial charge in [0, 0.05) is 23.9 Å². The molecule has 0 saturated carbocycles. The Kier molecular flexibility index (Phi) is 3.89. The second kappa shape index (κ2) is 5.31. The molecule has 3 heteroatoms. The van der Waals surface area contributed by atoms with E-state index in [1.807, 2.05) is 0 Å². The minimum atomic E-state index is -0.0820. The molecule has 0 amide bonds. The number of allylic oxidation sites excluding steroid dienone is 1. The second-order valence-corrected chi connectivity index (χ2v) is 6.03. The molecule has 0 spiro atoms. The van der Waals surface area contributed by atoms with E-state index in [0.717, 1.165) is 36.2 Å². The van der Waals surface area contributed by atoms with Crippen molar-refractivity contribution in [1.29, 1.82) is 0 Å². The molecule has 20 heavy (non-hydrogen) atoms. The van der Waals surface area contributed by atoms with Crippen LogP contribution in [0.4, 0.5) is 5.69 Å². The maximum atomic E-state index is 11.0. The third-order valence-electron chi connectivity index (χ3n) is 3.99. The molecule has 0 aliphatic carbocycles. The molecule has 1 aliphatic heterocycles. The van der Waals surface area contributed by atoms with Gasteiger partial charge in [-0.25, -0.2) is 0 Å². The Morgan fingerprint density at radius 2 is 2.05 bits per heavy atom. The number of nitrogens with zero attached hydrogens (tertiary/aromatic N) is 1. The van der Waals surface area contributed by atoms with Crippen molar-refractivity contribution < 1.29 is 9.90 Å². The quantitative estimate of drug-likeness (QED) is 0.843. The van der Waals surface area contributed by atoms with Crippen LogP contribution in [0.2, 0.25) is 0 Å². The number of hydrogen-bond acceptors (Lipinski definition) is 3. The van der Waals surface area contributed by atoms with Crippen molar-refractivity contribution in [1.82, 2.24) is 0 Å². The lowest BCUT2D eigenvalue weighted by molar-refractivity contribution is 0.112. The molecule has 0 bridgehead atoms. The lowest BCUT2D eigenvalue weighted by atomic mass is 9.87. The van der Waals surface area contributed by atoms with Crippen LogP contribution in [-0.2, 0) is 0 Å². The molecule has 0 fully saturated rings. The molecule has 0 unspecified atom stereocenters. The van der Waals surface area contributed by atoms with E-state index in [4.69, 9.17) is 0 Å². The van der Waals surface area contributed by atoms with Crippen molar-refractivity contribution in [3.63, 3.8) is 0 Å². The normalized spacial score (nSPS) is 16.6. The minimum Gasteiger partial charge on any atom is -0.507 e. The summed E-state index contributed by atoms with van der Waals surface area (Å²) < 4.78 is 0. The molecule has 3 nitrogen and oxygen atoms in total. The van der Waals surface area contributed by atoms with Crippen LogP contribution in [0.5, 0.6) is 5.75 Å². The van der Waals surface area contributed by atoms with Crippen molar-refractivity contribution >= 4 is 17.5 Å². The smallest absolute Gasteiger partial charge is 0.153 e. The molecule has 2 rings (SSSR count). The van der Waals surface area contributed by atoms with Crippen LogP contribution in [0, 0.1) is 0 Å². The molecule has 0 aromatic heterocycles. The van der Waals surface area contributed by atoms with Crippen LogP contribution in [0.15, 0.2) is 18.2 Å². The standard InChI is InChI=1S/C17H23NO2/c1-5-6-7-18-15-9-16(20)13(11-19)8-14(15)12(2)10-17(18,3)4/h8-11,20H,5-7H2,1-4H3. The molecule has 0 atom stereocenters. The fraction of sp³-hybridized carbons (Fsp3) is 0.471. The van der Waals surface area contributed by atoms with Crippen molar-refractivity contribution in [3.05, 3.63) is 29.3 Å². The molecule has 1 aliphatic rings. The predicted molar refractivity (Wildman–Crippen MR) is 83.5 cm³/mol. The van der Waals surface area contributed by atoms with Crippen molar-refractivity contribution in [2.75, 3.05) is 11.4 Å². The SMILES string of the molecule is CCCCN1c2cc(O)c(C=O)cc2C(C)=CC1(C)C. The highest BCUT2D eigenvalue weighted by Crippen LogP contribution is 2.41. The highest BCUT2D eigenvalue weighted by Gasteiger charge is 2.31. The van der Waals surface area contributed by atoms with E-state index in [0.29, 0.717) is 11.8 Å². The first-order chi connectivity index (χ1) is 9.40. The Hall–Kier alpha value is -1.77. The molecular formula is C17H23NO2. The first kappa shape index (κ1) is 14.6. The lowest BCUT2D eigenvalue weighted by Crippen LogP contribution is -2.45. The summed E-state index contributed by atoms with van der Waals surface area (Å²) in [6.07, 6.45) is 5.17. The van der Waals surface area contributed by atoms with E-state index in [-0.39, 0.29) is 11.3 Å². The summed E-state index contributed by atoms with van der Waals surface area (Å²) in [4.78, 5) is 13.3. The van der Waals surface area contributed by atoms with Gasteiger partial charge in [-0.3, -0.25) is 4.79 Å². The minimum absolute atomic E-state index is 0.0609. The lowest BCUT2D eigenvalue weighted by Gasteiger charge is -2.43. The number of fused-ring (bicyclic) bond motifs is 1. The number of carbonyl (C=O) groups excluding carboxylic acids is 1. The van der Waals surface area contributed by atoms with Gasteiger partial charge in [-0.05, 0) is 38.8 Å². The maximum absolute atomic E-state index is 11.0. The van der Waals surface area contributed by atoms with Gasteiger partial charge in [-0.1, -0.05) is 19.4 Å². The van der Waals surface area contributed by atoms with Crippen LogP contribution >= 0.6 is 0 Å². The third-order valence-corrected chi connectivity index (χ3v) is 3.99. The number of carbonyl (C=O) groups is 1. The van der Waals surface area contributed by atoms with Gasteiger partial charge in [0.25, 0.3) is 0 Å². The number of benzene rings is 1. The van der Waals surface area contributed by atoms with Gasteiger partial charge in [-0.2, -0.15) is 0 Å². The van der Waals surface area contributed by atoms with E-state index < -0.39 is 0 Å². The fourth-order valence-electron chi connectivity index (χ4n) is 2.95. The summed E-state index contributed by atoms with van der Waals surface area (Å²) in [6, 6.07) is 3.52. The van der Waals surface area contributed by atoms with E-state index in [2.05, 4.69) is 38.7 Å². The molecule has 108 valence electrons. The Bertz CT molecular complexity index is 558. The third kappa shape index (κ3) is 2.45. The van der Waals surface area contributed by atoms with Crippen LogP contribution in [0.1, 0.15) is 56.5 Å². The van der Waals surface area contributed by atoms with Crippen LogP contribution in [0.25, 0.3) is 5.57 Å². The number of phenols is 1. The first-order valence-corrected chi connectivity index (χ1v) is 7.20. The second-order valence-electron chi connectivity index (χ2n) is 6.03. The number of rotatable bonds is 4. The van der Waals surface area contributed by atoms with Crippen LogP contribution < -0.4 is 4.90 Å². The van der Waals surface area contributed by atoms with Gasteiger partial charge in [0.2, 0.25) is 0 Å². The molecular weight excluding hydrogens is 250 g/mol. The summed E-state index contributed by atoms with van der Waals surface area (Å²) >= 11 is 0. The average Bonchev–Trinajstić information content (AvgIpc) is 2.37. The van der Waals surface area contributed by atoms with Gasteiger partial charge in [-0.15, -0.1) is 0 Å². The van der Waals surface area contributed by atoms with E-state index in [1.54, 1.807) is 12.1 Å². The van der Waals surface area contributed by atoms with Gasteiger partial charge >= 0.3 is 0 Å². The van der Waals surface area contributed by atoms with E-state index >= 15 is 0 Å². The highest BCUT2D eigenvalue weighted by atomic mass is 16.3. The maximum Gasteiger partial charge on any atom is 0.153 e. The summed E-state index contributed by atoms with van der Waals surface area (Å²) in [5.74, 6) is 0.0609. The topological polar surface area (TPSA) is 40.5 Å². The molecule has 0 saturated heterocycles. The molecule has 0 radical (unpaired) electrons. The number of phenolic OH excluding ortho intramolecular Hbond substituents is 1. The summed E-state index contributed by atoms with van der Waals surface area (Å²) in [5, 5.41) is 9.99. The molecule has 1 N–H and O–H groups in total. The van der Waals surface area contributed by atoms with Gasteiger partial charge in [0.05, 0.1) is 11.1 Å². The molecule has 1 aromatic rings. The fourth-order valence-corrected chi connectivity index (χ4v) is 2.95. The molecule has 1 aromatic carbocycles. The zero-order valence-electron chi connectivity index (χ0n) is 12.7. The Morgan fingerprint density at radius 1 is 1.35 bits per heavy atom. The zero-order valence-corrected chi connectivity index (χ0v) is 12.7. The highest BCUT2D eigenvalue weighted by molar-refractivity contribution is 5.89. The number of aldehydes is 1. The van der Waals surface area contributed by atoms with Crippen molar-refractivity contribution in [2.24, 2.45) is 0 Å². The predicted octanol–water partition coefficient (Wildman–Crippen LogP) is 4.01. The summed E-state index contributed by atoms with van der Waals surface area (Å²) in [7, 11) is 0. The number of anilines is 1. The molecule has 1 heterocycles. The van der Waals surface area contributed by atoms with Gasteiger partial charge in [0.15, 0.2) is 6.29 Å². The first-order valence-electron chi connectivity index (χ1n) is 7.20. The van der Waals surface area contributed by atoms with Crippen molar-refractivity contribution in [2.45, 2.75) is 46.1 Å². The van der Waals surface area contributed by atoms with Gasteiger partial charge < -0.3 is 10.0 Å². The Morgan fingerprint density at radius 3 is 2.65 bits per heavy atom. The number of hydrogen-bond donors (Lipinski definition) is 1. The van der Waals surface area contributed by atoms with Crippen LogP contribution in [-0.4, -0.2) is 23.5 Å². The number of unbranched alkanes of at least 4 members (excludes halogenated alkanes) is 1. The zero-order chi connectivity index (χ0) is 14.9. The van der Waals surface area contributed by atoms with Crippen molar-refractivity contribution in [3.8, 4) is 5.75 Å². The largest absolute Gasteiger partial charge is 0.507 e. The van der Waals surface area contributed by atoms with E-state index in [1.165, 1.54) is 0 Å². The summed E-state index contributed by atoms with van der Waals surface area (Å²) in [5.41, 5.74) is 3.49. The average molecular weight is 273 g/mol. The Labute approximate surface area is 120 Å².